The lowest BCUT2D eigenvalue weighted by molar-refractivity contribution is 0.0397. The molecule has 0 spiro atoms. The molecule has 1 atom stereocenters. The van der Waals surface area contributed by atoms with Crippen LogP contribution in [0.2, 0.25) is 5.02 Å². The summed E-state index contributed by atoms with van der Waals surface area (Å²) in [5.74, 6) is 0.465. The number of carbonyl (C=O) groups excluding carboxylic acids is 1. The van der Waals surface area contributed by atoms with Crippen molar-refractivity contribution in [1.29, 1.82) is 0 Å². The number of ether oxygens (including phenoxy) is 3. The summed E-state index contributed by atoms with van der Waals surface area (Å²) in [6, 6.07) is 12.2. The lowest BCUT2D eigenvalue weighted by Crippen LogP contribution is -2.24. The molecule has 0 saturated heterocycles. The molecule has 0 amide bonds. The van der Waals surface area contributed by atoms with Gasteiger partial charge in [-0.2, -0.15) is 0 Å². The number of pyridine rings is 1. The molecule has 2 aromatic carbocycles. The molecule has 3 aromatic rings. The van der Waals surface area contributed by atoms with Gasteiger partial charge < -0.3 is 24.4 Å². The van der Waals surface area contributed by atoms with Crippen LogP contribution in [0.15, 0.2) is 48.5 Å². The number of halogens is 2. The Morgan fingerprint density at radius 1 is 1.06 bits per heavy atom. The number of aromatic nitrogens is 1. The predicted octanol–water partition coefficient (Wildman–Crippen LogP) is 4.80. The van der Waals surface area contributed by atoms with E-state index in [0.29, 0.717) is 39.8 Å². The molecular formula is C26H27ClFNO6. The lowest BCUT2D eigenvalue weighted by Gasteiger charge is -2.24. The van der Waals surface area contributed by atoms with E-state index in [9.17, 15) is 14.3 Å². The van der Waals surface area contributed by atoms with Crippen LogP contribution in [0.4, 0.5) is 4.39 Å². The number of hydrogen-bond donors (Lipinski definition) is 2. The summed E-state index contributed by atoms with van der Waals surface area (Å²) in [6.07, 6.45) is 0.137. The van der Waals surface area contributed by atoms with Crippen LogP contribution in [0.3, 0.4) is 0 Å². The molecule has 9 heteroatoms. The topological polar surface area (TPSA) is 98.1 Å². The third-order valence-electron chi connectivity index (χ3n) is 5.50. The van der Waals surface area contributed by atoms with E-state index in [0.717, 1.165) is 0 Å². The van der Waals surface area contributed by atoms with E-state index in [-0.39, 0.29) is 36.9 Å². The number of Topliss-reactive ketones (excluding diaryl/α,β-unsaturated/α-hetero) is 1. The van der Waals surface area contributed by atoms with E-state index in [1.54, 1.807) is 37.3 Å². The zero-order chi connectivity index (χ0) is 25.6. The lowest BCUT2D eigenvalue weighted by atomic mass is 9.92. The number of hydrogen-bond acceptors (Lipinski definition) is 7. The monoisotopic (exact) mass is 503 g/mol. The van der Waals surface area contributed by atoms with Gasteiger partial charge in [0.1, 0.15) is 29.5 Å². The van der Waals surface area contributed by atoms with E-state index in [2.05, 4.69) is 4.98 Å². The molecule has 0 saturated carbocycles. The standard InChI is InChI=1S/C26H27ClFNO6/c1-26(32,11-10-20(31)16-5-7-21(35-13-12-30)23(15-16)34-3)24-9-8-22(33-2)25(29-24)17-4-6-19(28)18(27)14-17/h4-9,14-15,30,32H,10-13H2,1-3H3. The van der Waals surface area contributed by atoms with Crippen LogP contribution in [-0.4, -0.2) is 48.4 Å². The van der Waals surface area contributed by atoms with Gasteiger partial charge in [-0.1, -0.05) is 11.6 Å². The molecule has 7 nitrogen and oxygen atoms in total. The molecule has 1 heterocycles. The fourth-order valence-electron chi connectivity index (χ4n) is 3.51. The summed E-state index contributed by atoms with van der Waals surface area (Å²) in [6.45, 7) is 1.53. The maximum atomic E-state index is 13.6. The predicted molar refractivity (Wildman–Crippen MR) is 130 cm³/mol. The minimum atomic E-state index is -1.44. The molecule has 0 aliphatic heterocycles. The fourth-order valence-corrected chi connectivity index (χ4v) is 3.69. The Hall–Kier alpha value is -3.20. The first-order valence-corrected chi connectivity index (χ1v) is 11.3. The maximum Gasteiger partial charge on any atom is 0.163 e. The van der Waals surface area contributed by atoms with Crippen molar-refractivity contribution in [3.05, 3.63) is 70.6 Å². The van der Waals surface area contributed by atoms with Gasteiger partial charge >= 0.3 is 0 Å². The Bertz CT molecular complexity index is 1200. The largest absolute Gasteiger partial charge is 0.494 e. The average Bonchev–Trinajstić information content (AvgIpc) is 2.87. The van der Waals surface area contributed by atoms with E-state index >= 15 is 0 Å². The first-order chi connectivity index (χ1) is 16.7. The number of ketones is 1. The maximum absolute atomic E-state index is 13.6. The summed E-state index contributed by atoms with van der Waals surface area (Å²) in [7, 11) is 2.94. The van der Waals surface area contributed by atoms with E-state index in [1.165, 1.54) is 32.4 Å². The van der Waals surface area contributed by atoms with Gasteiger partial charge in [-0.15, -0.1) is 0 Å². The van der Waals surface area contributed by atoms with Gasteiger partial charge in [0.2, 0.25) is 0 Å². The van der Waals surface area contributed by atoms with Gasteiger partial charge in [-0.05, 0) is 61.9 Å². The summed E-state index contributed by atoms with van der Waals surface area (Å²) in [5, 5.41) is 20.0. The molecule has 0 radical (unpaired) electrons. The SMILES string of the molecule is COc1cc(C(=O)CCC(C)(O)c2ccc(OC)c(-c3ccc(F)c(Cl)c3)n2)ccc1OCCO. The number of aliphatic hydroxyl groups excluding tert-OH is 1. The molecule has 2 N–H and O–H groups in total. The summed E-state index contributed by atoms with van der Waals surface area (Å²) < 4.78 is 29.7. The Labute approximate surface area is 208 Å². The first kappa shape index (κ1) is 26.4. The van der Waals surface area contributed by atoms with Gasteiger partial charge in [-0.25, -0.2) is 9.37 Å². The van der Waals surface area contributed by atoms with Crippen molar-refractivity contribution in [2.45, 2.75) is 25.4 Å². The van der Waals surface area contributed by atoms with Gasteiger partial charge in [-0.3, -0.25) is 4.79 Å². The number of rotatable bonds is 11. The Morgan fingerprint density at radius 3 is 2.43 bits per heavy atom. The van der Waals surface area contributed by atoms with Crippen molar-refractivity contribution in [3.8, 4) is 28.5 Å². The minimum Gasteiger partial charge on any atom is -0.494 e. The quantitative estimate of drug-likeness (QED) is 0.363. The number of benzene rings is 2. The van der Waals surface area contributed by atoms with Gasteiger partial charge in [0, 0.05) is 17.5 Å². The van der Waals surface area contributed by atoms with Crippen LogP contribution in [0.5, 0.6) is 17.2 Å². The third kappa shape index (κ3) is 6.28. The molecule has 0 bridgehead atoms. The molecule has 3 rings (SSSR count). The van der Waals surface area contributed by atoms with E-state index in [1.807, 2.05) is 0 Å². The second-order valence-electron chi connectivity index (χ2n) is 8.01. The van der Waals surface area contributed by atoms with Crippen LogP contribution in [0.25, 0.3) is 11.3 Å². The van der Waals surface area contributed by atoms with Crippen LogP contribution in [-0.2, 0) is 5.60 Å². The van der Waals surface area contributed by atoms with E-state index in [4.69, 9.17) is 30.9 Å². The van der Waals surface area contributed by atoms with Crippen LogP contribution in [0, 0.1) is 5.82 Å². The average molecular weight is 504 g/mol. The van der Waals surface area contributed by atoms with Crippen molar-refractivity contribution in [2.75, 3.05) is 27.4 Å². The Balaban J connectivity index is 1.80. The normalized spacial score (nSPS) is 12.7. The second kappa shape index (κ2) is 11.5. The summed E-state index contributed by atoms with van der Waals surface area (Å²) in [4.78, 5) is 17.4. The molecule has 0 fully saturated rings. The minimum absolute atomic E-state index is 0.0401. The van der Waals surface area contributed by atoms with Crippen molar-refractivity contribution >= 4 is 17.4 Å². The highest BCUT2D eigenvalue weighted by molar-refractivity contribution is 6.31. The number of methoxy groups -OCH3 is 2. The van der Waals surface area contributed by atoms with Crippen LogP contribution >= 0.6 is 11.6 Å². The van der Waals surface area contributed by atoms with Crippen molar-refractivity contribution < 1.29 is 33.6 Å². The van der Waals surface area contributed by atoms with Crippen molar-refractivity contribution in [2.24, 2.45) is 0 Å². The molecule has 0 aliphatic rings. The molecule has 186 valence electrons. The van der Waals surface area contributed by atoms with Gasteiger partial charge in [0.05, 0.1) is 31.5 Å². The van der Waals surface area contributed by atoms with Gasteiger partial charge in [0.15, 0.2) is 17.3 Å². The highest BCUT2D eigenvalue weighted by Gasteiger charge is 2.28. The molecule has 35 heavy (non-hydrogen) atoms. The zero-order valence-corrected chi connectivity index (χ0v) is 20.4. The summed E-state index contributed by atoms with van der Waals surface area (Å²) in [5.41, 5.74) is 0.207. The Kier molecular flexibility index (Phi) is 8.67. The Morgan fingerprint density at radius 2 is 1.77 bits per heavy atom. The fraction of sp³-hybridized carbons (Fsp3) is 0.308. The third-order valence-corrected chi connectivity index (χ3v) is 5.79. The number of nitrogens with zero attached hydrogens (tertiary/aromatic N) is 1. The number of carbonyl (C=O) groups is 1. The first-order valence-electron chi connectivity index (χ1n) is 10.9. The molecule has 1 aromatic heterocycles. The number of aliphatic hydroxyl groups is 2. The van der Waals surface area contributed by atoms with Crippen molar-refractivity contribution in [3.63, 3.8) is 0 Å². The molecular weight excluding hydrogens is 477 g/mol. The smallest absolute Gasteiger partial charge is 0.163 e. The zero-order valence-electron chi connectivity index (χ0n) is 19.7. The van der Waals surface area contributed by atoms with Crippen molar-refractivity contribution in [1.82, 2.24) is 4.98 Å². The molecule has 0 aliphatic carbocycles. The van der Waals surface area contributed by atoms with Crippen LogP contribution in [0.1, 0.15) is 35.8 Å². The van der Waals surface area contributed by atoms with Crippen LogP contribution < -0.4 is 14.2 Å². The van der Waals surface area contributed by atoms with E-state index < -0.39 is 11.4 Å². The molecule has 1 unspecified atom stereocenters. The highest BCUT2D eigenvalue weighted by Crippen LogP contribution is 2.35. The highest BCUT2D eigenvalue weighted by atomic mass is 35.5. The van der Waals surface area contributed by atoms with Gasteiger partial charge in [0.25, 0.3) is 0 Å². The summed E-state index contributed by atoms with van der Waals surface area (Å²) >= 11 is 5.93. The second-order valence-corrected chi connectivity index (χ2v) is 8.42.